The van der Waals surface area contributed by atoms with Gasteiger partial charge in [0, 0.05) is 12.6 Å². The smallest absolute Gasteiger partial charge is 0.324 e. The topological polar surface area (TPSA) is 110 Å². The molecule has 1 amide bonds. The highest BCUT2D eigenvalue weighted by Crippen LogP contribution is 2.29. The molecule has 0 radical (unpaired) electrons. The first-order valence-corrected chi connectivity index (χ1v) is 7.54. The van der Waals surface area contributed by atoms with Crippen molar-refractivity contribution in [3.05, 3.63) is 27.1 Å². The lowest BCUT2D eigenvalue weighted by Gasteiger charge is -2.26. The molecule has 0 aliphatic heterocycles. The quantitative estimate of drug-likeness (QED) is 0.640. The van der Waals surface area contributed by atoms with E-state index in [1.54, 1.807) is 0 Å². The van der Waals surface area contributed by atoms with E-state index in [0.717, 1.165) is 24.2 Å². The molecule has 1 heterocycles. The molecule has 1 aromatic rings. The van der Waals surface area contributed by atoms with Crippen molar-refractivity contribution >= 4 is 28.2 Å². The number of nitrogens with one attached hydrogen (secondary N) is 1. The van der Waals surface area contributed by atoms with Gasteiger partial charge < -0.3 is 10.4 Å². The lowest BCUT2D eigenvalue weighted by molar-refractivity contribution is -0.380. The van der Waals surface area contributed by atoms with Crippen LogP contribution in [0.4, 0.5) is 5.00 Å². The predicted octanol–water partition coefficient (Wildman–Crippen LogP) is 2.28. The summed E-state index contributed by atoms with van der Waals surface area (Å²) in [7, 11) is 0. The zero-order chi connectivity index (χ0) is 15.4. The van der Waals surface area contributed by atoms with Gasteiger partial charge in [-0.2, -0.15) is 0 Å². The molecule has 1 aromatic heterocycles. The third-order valence-electron chi connectivity index (χ3n) is 3.74. The number of aliphatic carboxylic acids is 1. The molecular formula is C13H16N2O5S. The lowest BCUT2D eigenvalue weighted by atomic mass is 9.82. The predicted molar refractivity (Wildman–Crippen MR) is 76.4 cm³/mol. The number of carbonyl (C=O) groups excluding carboxylic acids is 1. The SMILES string of the molecule is O=C(NCC1CCC(C(=O)O)CC1)c1ccc([N+](=O)[O-])s1. The molecular weight excluding hydrogens is 296 g/mol. The van der Waals surface area contributed by atoms with E-state index < -0.39 is 10.9 Å². The first-order valence-electron chi connectivity index (χ1n) is 6.72. The number of hydrogen-bond acceptors (Lipinski definition) is 5. The molecule has 0 spiro atoms. The van der Waals surface area contributed by atoms with E-state index in [1.165, 1.54) is 12.1 Å². The monoisotopic (exact) mass is 312 g/mol. The first kappa shape index (κ1) is 15.4. The third-order valence-corrected chi connectivity index (χ3v) is 4.78. The number of amides is 1. The van der Waals surface area contributed by atoms with Crippen molar-refractivity contribution in [3.63, 3.8) is 0 Å². The molecule has 21 heavy (non-hydrogen) atoms. The van der Waals surface area contributed by atoms with Gasteiger partial charge in [-0.15, -0.1) is 0 Å². The highest BCUT2D eigenvalue weighted by atomic mass is 32.1. The van der Waals surface area contributed by atoms with Crippen molar-refractivity contribution in [1.82, 2.24) is 5.32 Å². The minimum atomic E-state index is -0.747. The largest absolute Gasteiger partial charge is 0.481 e. The van der Waals surface area contributed by atoms with Gasteiger partial charge in [-0.3, -0.25) is 19.7 Å². The van der Waals surface area contributed by atoms with E-state index in [-0.39, 0.29) is 22.7 Å². The van der Waals surface area contributed by atoms with E-state index in [4.69, 9.17) is 5.11 Å². The Labute approximate surface area is 125 Å². The molecule has 1 aliphatic rings. The molecule has 0 bridgehead atoms. The lowest BCUT2D eigenvalue weighted by Crippen LogP contribution is -2.32. The Morgan fingerprint density at radius 3 is 2.52 bits per heavy atom. The molecule has 0 unspecified atom stereocenters. The Kier molecular flexibility index (Phi) is 4.89. The van der Waals surface area contributed by atoms with E-state index >= 15 is 0 Å². The molecule has 1 saturated carbocycles. The van der Waals surface area contributed by atoms with E-state index in [1.807, 2.05) is 0 Å². The van der Waals surface area contributed by atoms with Crippen molar-refractivity contribution < 1.29 is 19.6 Å². The second kappa shape index (κ2) is 6.66. The standard InChI is InChI=1S/C13H16N2O5S/c16-12(10-5-6-11(21-10)15(19)20)14-7-8-1-3-9(4-2-8)13(17)18/h5-6,8-9H,1-4,7H2,(H,14,16)(H,17,18). The Morgan fingerprint density at radius 2 is 2.00 bits per heavy atom. The highest BCUT2D eigenvalue weighted by molar-refractivity contribution is 7.17. The minimum absolute atomic E-state index is 0.0536. The highest BCUT2D eigenvalue weighted by Gasteiger charge is 2.26. The maximum absolute atomic E-state index is 11.9. The normalized spacial score (nSPS) is 21.7. The number of rotatable bonds is 5. The summed E-state index contributed by atoms with van der Waals surface area (Å²) in [6.07, 6.45) is 2.84. The number of hydrogen-bond donors (Lipinski definition) is 2. The zero-order valence-corrected chi connectivity index (χ0v) is 12.1. The molecule has 1 aliphatic carbocycles. The Hall–Kier alpha value is -1.96. The van der Waals surface area contributed by atoms with Crippen LogP contribution in [0.25, 0.3) is 0 Å². The van der Waals surface area contributed by atoms with Crippen molar-refractivity contribution in [2.45, 2.75) is 25.7 Å². The molecule has 8 heteroatoms. The van der Waals surface area contributed by atoms with Crippen LogP contribution < -0.4 is 5.32 Å². The Balaban J connectivity index is 1.79. The van der Waals surface area contributed by atoms with Crippen LogP contribution in [0.15, 0.2) is 12.1 Å². The van der Waals surface area contributed by atoms with Crippen LogP contribution in [0.3, 0.4) is 0 Å². The Morgan fingerprint density at radius 1 is 1.33 bits per heavy atom. The average Bonchev–Trinajstić information content (AvgIpc) is 2.95. The third kappa shape index (κ3) is 4.01. The molecule has 0 atom stereocenters. The van der Waals surface area contributed by atoms with Gasteiger partial charge >= 0.3 is 11.0 Å². The average molecular weight is 312 g/mol. The molecule has 114 valence electrons. The van der Waals surface area contributed by atoms with Crippen molar-refractivity contribution in [3.8, 4) is 0 Å². The summed E-state index contributed by atoms with van der Waals surface area (Å²) in [6.45, 7) is 0.483. The molecule has 1 fully saturated rings. The summed E-state index contributed by atoms with van der Waals surface area (Å²) >= 11 is 0.851. The molecule has 7 nitrogen and oxygen atoms in total. The number of carboxylic acid groups (broad SMARTS) is 1. The summed E-state index contributed by atoms with van der Waals surface area (Å²) < 4.78 is 0. The van der Waals surface area contributed by atoms with Gasteiger partial charge in [0.15, 0.2) is 0 Å². The molecule has 2 N–H and O–H groups in total. The van der Waals surface area contributed by atoms with Gasteiger partial charge in [0.2, 0.25) is 0 Å². The molecule has 0 saturated heterocycles. The van der Waals surface area contributed by atoms with Crippen LogP contribution in [-0.2, 0) is 4.79 Å². The van der Waals surface area contributed by atoms with Crippen molar-refractivity contribution in [1.29, 1.82) is 0 Å². The zero-order valence-electron chi connectivity index (χ0n) is 11.3. The van der Waals surface area contributed by atoms with Crippen LogP contribution in [0.2, 0.25) is 0 Å². The summed E-state index contributed by atoms with van der Waals surface area (Å²) in [5.74, 6) is -1.05. The van der Waals surface area contributed by atoms with Crippen molar-refractivity contribution in [2.75, 3.05) is 6.54 Å². The minimum Gasteiger partial charge on any atom is -0.481 e. The number of nitro groups is 1. The summed E-state index contributed by atoms with van der Waals surface area (Å²) in [4.78, 5) is 33.1. The van der Waals surface area contributed by atoms with Crippen molar-refractivity contribution in [2.24, 2.45) is 11.8 Å². The number of nitrogens with zero attached hydrogens (tertiary/aromatic N) is 1. The second-order valence-corrected chi connectivity index (χ2v) is 6.22. The van der Waals surface area contributed by atoms with E-state index in [2.05, 4.69) is 5.32 Å². The van der Waals surface area contributed by atoms with E-state index in [9.17, 15) is 19.7 Å². The maximum atomic E-state index is 11.9. The van der Waals surface area contributed by atoms with Gasteiger partial charge in [-0.1, -0.05) is 11.3 Å². The van der Waals surface area contributed by atoms with Crippen LogP contribution in [-0.4, -0.2) is 28.5 Å². The van der Waals surface area contributed by atoms with Gasteiger partial charge in [0.05, 0.1) is 15.7 Å². The van der Waals surface area contributed by atoms with Gasteiger partial charge in [-0.05, 0) is 37.7 Å². The fourth-order valence-electron chi connectivity index (χ4n) is 2.49. The van der Waals surface area contributed by atoms with Gasteiger partial charge in [0.1, 0.15) is 0 Å². The summed E-state index contributed by atoms with van der Waals surface area (Å²) in [5, 5.41) is 22.2. The number of carbonyl (C=O) groups is 2. The van der Waals surface area contributed by atoms with Crippen LogP contribution in [0.5, 0.6) is 0 Å². The fraction of sp³-hybridized carbons (Fsp3) is 0.538. The van der Waals surface area contributed by atoms with Crippen LogP contribution in [0, 0.1) is 22.0 Å². The summed E-state index contributed by atoms with van der Waals surface area (Å²) in [5.41, 5.74) is 0. The fourth-order valence-corrected chi connectivity index (χ4v) is 3.22. The van der Waals surface area contributed by atoms with Crippen LogP contribution >= 0.6 is 11.3 Å². The van der Waals surface area contributed by atoms with Crippen LogP contribution in [0.1, 0.15) is 35.4 Å². The van der Waals surface area contributed by atoms with Gasteiger partial charge in [-0.25, -0.2) is 0 Å². The number of carboxylic acids is 1. The number of thiophene rings is 1. The van der Waals surface area contributed by atoms with Gasteiger partial charge in [0.25, 0.3) is 5.91 Å². The molecule has 0 aromatic carbocycles. The molecule has 2 rings (SSSR count). The second-order valence-electron chi connectivity index (χ2n) is 5.16. The Bertz CT molecular complexity index is 549. The first-order chi connectivity index (χ1) is 9.97. The van der Waals surface area contributed by atoms with E-state index in [0.29, 0.717) is 24.3 Å². The maximum Gasteiger partial charge on any atom is 0.324 e. The summed E-state index contributed by atoms with van der Waals surface area (Å²) in [6, 6.07) is 2.76.